The Morgan fingerprint density at radius 3 is 1.37 bits per heavy atom. The van der Waals surface area contributed by atoms with E-state index in [1.807, 2.05) is 24.3 Å². The average molecular weight is 415 g/mol. The topological polar surface area (TPSA) is 15.3 Å². The van der Waals surface area contributed by atoms with E-state index in [-0.39, 0.29) is 0 Å². The average Bonchev–Trinajstić information content (AvgIpc) is 2.73. The van der Waals surface area contributed by atoms with Gasteiger partial charge in [-0.3, -0.25) is 0 Å². The number of rotatable bonds is 5. The normalized spacial score (nSPS) is 10.4. The summed E-state index contributed by atoms with van der Waals surface area (Å²) < 4.78 is 1.07. The van der Waals surface area contributed by atoms with Crippen molar-refractivity contribution in [3.05, 3.63) is 114 Å². The highest BCUT2D eigenvalue weighted by Gasteiger charge is 2.11. The van der Waals surface area contributed by atoms with Crippen LogP contribution < -0.4 is 10.2 Å². The number of nitrogens with zero attached hydrogens (tertiary/aromatic N) is 1. The van der Waals surface area contributed by atoms with E-state index in [4.69, 9.17) is 0 Å². The predicted octanol–water partition coefficient (Wildman–Crippen LogP) is 7.66. The Hall–Kier alpha value is -3.04. The van der Waals surface area contributed by atoms with Gasteiger partial charge in [0.25, 0.3) is 0 Å². The van der Waals surface area contributed by atoms with Crippen LogP contribution >= 0.6 is 15.9 Å². The van der Waals surface area contributed by atoms with Crippen molar-refractivity contribution in [3.8, 4) is 0 Å². The molecule has 4 aromatic carbocycles. The van der Waals surface area contributed by atoms with E-state index in [1.54, 1.807) is 0 Å². The molecule has 0 aromatic heterocycles. The van der Waals surface area contributed by atoms with Crippen LogP contribution in [-0.4, -0.2) is 0 Å². The molecule has 2 nitrogen and oxygen atoms in total. The molecule has 3 heteroatoms. The number of hydrogen-bond acceptors (Lipinski definition) is 2. The minimum atomic E-state index is 1.06. The van der Waals surface area contributed by atoms with Crippen LogP contribution in [0.25, 0.3) is 0 Å². The zero-order valence-corrected chi connectivity index (χ0v) is 16.3. The molecule has 27 heavy (non-hydrogen) atoms. The van der Waals surface area contributed by atoms with E-state index >= 15 is 0 Å². The number of para-hydroxylation sites is 2. The minimum absolute atomic E-state index is 1.06. The molecule has 0 saturated heterocycles. The van der Waals surface area contributed by atoms with Crippen LogP contribution in [0, 0.1) is 0 Å². The maximum atomic E-state index is 3.47. The predicted molar refractivity (Wildman–Crippen MR) is 119 cm³/mol. The molecule has 1 N–H and O–H groups in total. The second-order valence-electron chi connectivity index (χ2n) is 6.19. The van der Waals surface area contributed by atoms with E-state index in [2.05, 4.69) is 111 Å². The third-order valence-corrected chi connectivity index (χ3v) is 4.82. The maximum absolute atomic E-state index is 3.47. The van der Waals surface area contributed by atoms with Crippen LogP contribution in [0.2, 0.25) is 0 Å². The molecule has 4 rings (SSSR count). The van der Waals surface area contributed by atoms with Gasteiger partial charge in [0.05, 0.1) is 0 Å². The Morgan fingerprint density at radius 1 is 0.481 bits per heavy atom. The monoisotopic (exact) mass is 414 g/mol. The first-order chi connectivity index (χ1) is 13.3. The first-order valence-electron chi connectivity index (χ1n) is 8.82. The van der Waals surface area contributed by atoms with Crippen molar-refractivity contribution in [1.29, 1.82) is 0 Å². The summed E-state index contributed by atoms with van der Waals surface area (Å²) in [6.07, 6.45) is 0. The lowest BCUT2D eigenvalue weighted by atomic mass is 10.2. The summed E-state index contributed by atoms with van der Waals surface area (Å²) in [5.74, 6) is 0. The molecule has 0 aliphatic carbocycles. The molecular formula is C24H19BrN2. The van der Waals surface area contributed by atoms with E-state index in [1.165, 1.54) is 0 Å². The summed E-state index contributed by atoms with van der Waals surface area (Å²) in [6, 6.07) is 37.5. The second-order valence-corrected chi connectivity index (χ2v) is 7.10. The van der Waals surface area contributed by atoms with Crippen LogP contribution in [0.15, 0.2) is 114 Å². The molecule has 0 atom stereocenters. The molecule has 0 aliphatic heterocycles. The minimum Gasteiger partial charge on any atom is -0.356 e. The van der Waals surface area contributed by atoms with Crippen molar-refractivity contribution < 1.29 is 0 Å². The molecule has 0 fully saturated rings. The first kappa shape index (κ1) is 17.4. The van der Waals surface area contributed by atoms with Gasteiger partial charge in [-0.05, 0) is 72.8 Å². The molecule has 0 heterocycles. The van der Waals surface area contributed by atoms with Gasteiger partial charge in [0.2, 0.25) is 0 Å². The molecule has 0 amide bonds. The summed E-state index contributed by atoms with van der Waals surface area (Å²) in [7, 11) is 0. The third-order valence-electron chi connectivity index (χ3n) is 4.29. The lowest BCUT2D eigenvalue weighted by Crippen LogP contribution is -2.09. The molecule has 0 radical (unpaired) electrons. The van der Waals surface area contributed by atoms with Gasteiger partial charge in [-0.1, -0.05) is 52.3 Å². The number of hydrogen-bond donors (Lipinski definition) is 1. The zero-order chi connectivity index (χ0) is 18.5. The number of nitrogens with one attached hydrogen (secondary N) is 1. The van der Waals surface area contributed by atoms with E-state index < -0.39 is 0 Å². The summed E-state index contributed by atoms with van der Waals surface area (Å²) >= 11 is 3.47. The highest BCUT2D eigenvalue weighted by Crippen LogP contribution is 2.34. The van der Waals surface area contributed by atoms with E-state index in [0.717, 1.165) is 32.9 Å². The van der Waals surface area contributed by atoms with E-state index in [0.29, 0.717) is 0 Å². The van der Waals surface area contributed by atoms with Crippen LogP contribution in [0.5, 0.6) is 0 Å². The smallest absolute Gasteiger partial charge is 0.0463 e. The Morgan fingerprint density at radius 2 is 0.889 bits per heavy atom. The molecule has 0 aliphatic rings. The van der Waals surface area contributed by atoms with Gasteiger partial charge in [0, 0.05) is 32.9 Å². The lowest BCUT2D eigenvalue weighted by Gasteiger charge is -2.25. The third kappa shape index (κ3) is 4.21. The maximum Gasteiger partial charge on any atom is 0.0463 e. The highest BCUT2D eigenvalue weighted by atomic mass is 79.9. The summed E-state index contributed by atoms with van der Waals surface area (Å²) in [5.41, 5.74) is 5.51. The molecule has 0 spiro atoms. The van der Waals surface area contributed by atoms with Gasteiger partial charge in [-0.15, -0.1) is 0 Å². The van der Waals surface area contributed by atoms with Crippen molar-refractivity contribution in [1.82, 2.24) is 0 Å². The fraction of sp³-hybridized carbons (Fsp3) is 0. The van der Waals surface area contributed by atoms with Crippen molar-refractivity contribution in [2.75, 3.05) is 10.2 Å². The Balaban J connectivity index is 1.64. The van der Waals surface area contributed by atoms with Gasteiger partial charge in [-0.2, -0.15) is 0 Å². The van der Waals surface area contributed by atoms with Crippen molar-refractivity contribution >= 4 is 44.4 Å². The van der Waals surface area contributed by atoms with Gasteiger partial charge in [0.1, 0.15) is 0 Å². The Bertz CT molecular complexity index is 942. The number of halogens is 1. The summed E-state index contributed by atoms with van der Waals surface area (Å²) in [5, 5.41) is 3.44. The standard InChI is InChI=1S/C24H19BrN2/c25-19-11-13-20(14-12-19)26-21-15-17-24(18-16-21)27(22-7-3-1-4-8-22)23-9-5-2-6-10-23/h1-18,26H. The van der Waals surface area contributed by atoms with Gasteiger partial charge in [-0.25, -0.2) is 0 Å². The molecule has 4 aromatic rings. The van der Waals surface area contributed by atoms with Crippen LogP contribution in [0.1, 0.15) is 0 Å². The molecule has 0 bridgehead atoms. The fourth-order valence-corrected chi connectivity index (χ4v) is 3.26. The van der Waals surface area contributed by atoms with Crippen LogP contribution in [-0.2, 0) is 0 Å². The SMILES string of the molecule is Brc1ccc(Nc2ccc(N(c3ccccc3)c3ccccc3)cc2)cc1. The lowest BCUT2D eigenvalue weighted by molar-refractivity contribution is 1.28. The van der Waals surface area contributed by atoms with Crippen LogP contribution in [0.3, 0.4) is 0 Å². The zero-order valence-electron chi connectivity index (χ0n) is 14.7. The molecule has 0 unspecified atom stereocenters. The first-order valence-corrected chi connectivity index (χ1v) is 9.62. The molecule has 132 valence electrons. The Labute approximate surface area is 168 Å². The summed E-state index contributed by atoms with van der Waals surface area (Å²) in [4.78, 5) is 2.25. The molecule has 0 saturated carbocycles. The quantitative estimate of drug-likeness (QED) is 0.360. The fourth-order valence-electron chi connectivity index (χ4n) is 3.00. The number of anilines is 5. The second kappa shape index (κ2) is 8.11. The number of benzene rings is 4. The highest BCUT2D eigenvalue weighted by molar-refractivity contribution is 9.10. The largest absolute Gasteiger partial charge is 0.356 e. The van der Waals surface area contributed by atoms with Crippen molar-refractivity contribution in [2.24, 2.45) is 0 Å². The Kier molecular flexibility index (Phi) is 5.22. The van der Waals surface area contributed by atoms with Gasteiger partial charge >= 0.3 is 0 Å². The van der Waals surface area contributed by atoms with Crippen LogP contribution in [0.4, 0.5) is 28.4 Å². The van der Waals surface area contributed by atoms with E-state index in [9.17, 15) is 0 Å². The van der Waals surface area contributed by atoms with Gasteiger partial charge in [0.15, 0.2) is 0 Å². The molecular weight excluding hydrogens is 396 g/mol. The van der Waals surface area contributed by atoms with Crippen molar-refractivity contribution in [3.63, 3.8) is 0 Å². The summed E-state index contributed by atoms with van der Waals surface area (Å²) in [6.45, 7) is 0. The van der Waals surface area contributed by atoms with Crippen molar-refractivity contribution in [2.45, 2.75) is 0 Å². The van der Waals surface area contributed by atoms with Gasteiger partial charge < -0.3 is 10.2 Å².